The van der Waals surface area contributed by atoms with Gasteiger partial charge in [0.15, 0.2) is 0 Å². The number of ether oxygens (including phenoxy) is 1. The Balaban J connectivity index is 2.12. The largest absolute Gasteiger partial charge is 0.465 e. The highest BCUT2D eigenvalue weighted by molar-refractivity contribution is 5.12. The summed E-state index contributed by atoms with van der Waals surface area (Å²) in [6, 6.07) is 3.90. The van der Waals surface area contributed by atoms with Crippen molar-refractivity contribution in [2.75, 3.05) is 26.8 Å². The molecule has 21 heavy (non-hydrogen) atoms. The lowest BCUT2D eigenvalue weighted by atomic mass is 9.92. The maximum absolute atomic E-state index is 10.7. The second-order valence-electron chi connectivity index (χ2n) is 6.22. The third-order valence-corrected chi connectivity index (χ3v) is 4.37. The summed E-state index contributed by atoms with van der Waals surface area (Å²) in [6.45, 7) is 5.83. The molecular weight excluding hydrogens is 268 g/mol. The molecule has 1 aromatic heterocycles. The van der Waals surface area contributed by atoms with Crippen molar-refractivity contribution < 1.29 is 14.3 Å². The van der Waals surface area contributed by atoms with E-state index < -0.39 is 5.60 Å². The van der Waals surface area contributed by atoms with Gasteiger partial charge in [-0.25, -0.2) is 0 Å². The number of nitrogens with zero attached hydrogens (tertiary/aromatic N) is 1. The lowest BCUT2D eigenvalue weighted by Gasteiger charge is -2.39. The molecule has 2 atom stereocenters. The van der Waals surface area contributed by atoms with Crippen LogP contribution in [0.3, 0.4) is 0 Å². The van der Waals surface area contributed by atoms with E-state index in [0.717, 1.165) is 17.9 Å². The molecule has 2 unspecified atom stereocenters. The molecule has 2 rings (SSSR count). The fraction of sp³-hybridized carbons (Fsp3) is 0.750. The third kappa shape index (κ3) is 4.07. The average Bonchev–Trinajstić information content (AvgIpc) is 2.85. The average molecular weight is 296 g/mol. The van der Waals surface area contributed by atoms with Gasteiger partial charge in [0, 0.05) is 38.6 Å². The van der Waals surface area contributed by atoms with Crippen molar-refractivity contribution in [1.29, 1.82) is 0 Å². The third-order valence-electron chi connectivity index (χ3n) is 4.37. The number of aliphatic hydroxyl groups is 1. The first kappa shape index (κ1) is 16.5. The predicted octanol–water partition coefficient (Wildman–Crippen LogP) is 1.84. The highest BCUT2D eigenvalue weighted by Gasteiger charge is 2.35. The van der Waals surface area contributed by atoms with Gasteiger partial charge < -0.3 is 20.0 Å². The van der Waals surface area contributed by atoms with Crippen molar-refractivity contribution in [3.05, 3.63) is 23.7 Å². The van der Waals surface area contributed by atoms with Gasteiger partial charge in [-0.15, -0.1) is 0 Å². The molecule has 0 spiro atoms. The van der Waals surface area contributed by atoms with Gasteiger partial charge in [-0.1, -0.05) is 6.92 Å². The van der Waals surface area contributed by atoms with Gasteiger partial charge >= 0.3 is 0 Å². The molecular formula is C16H28N2O3. The first-order chi connectivity index (χ1) is 9.95. The molecule has 1 fully saturated rings. The van der Waals surface area contributed by atoms with Gasteiger partial charge in [0.1, 0.15) is 11.5 Å². The van der Waals surface area contributed by atoms with E-state index in [0.29, 0.717) is 32.6 Å². The number of aryl methyl sites for hydroxylation is 1. The minimum Gasteiger partial charge on any atom is -0.465 e. The fourth-order valence-corrected chi connectivity index (χ4v) is 3.06. The molecule has 5 nitrogen and oxygen atoms in total. The van der Waals surface area contributed by atoms with Crippen molar-refractivity contribution in [3.63, 3.8) is 0 Å². The fourth-order valence-electron chi connectivity index (χ4n) is 3.06. The van der Waals surface area contributed by atoms with Crippen LogP contribution in [0.2, 0.25) is 0 Å². The standard InChI is InChI=1S/C16H28N2O3/c1-4-13(17)15(14-6-5-12(2)21-14)18(3)11-16(19)7-9-20-10-8-16/h5-6,13,15,19H,4,7-11,17H2,1-3H3. The predicted molar refractivity (Wildman–Crippen MR) is 82.1 cm³/mol. The van der Waals surface area contributed by atoms with Crippen LogP contribution in [0.5, 0.6) is 0 Å². The molecule has 5 heteroatoms. The minimum atomic E-state index is -0.694. The molecule has 0 saturated carbocycles. The lowest BCUT2D eigenvalue weighted by Crippen LogP contribution is -2.49. The number of rotatable bonds is 6. The summed E-state index contributed by atoms with van der Waals surface area (Å²) in [4.78, 5) is 2.12. The zero-order valence-electron chi connectivity index (χ0n) is 13.3. The molecule has 0 bridgehead atoms. The maximum atomic E-state index is 10.7. The van der Waals surface area contributed by atoms with Crippen molar-refractivity contribution >= 4 is 0 Å². The Hall–Kier alpha value is -0.880. The van der Waals surface area contributed by atoms with Gasteiger partial charge in [-0.05, 0) is 32.5 Å². The van der Waals surface area contributed by atoms with Crippen LogP contribution in [0.4, 0.5) is 0 Å². The Bertz CT molecular complexity index is 440. The molecule has 0 aromatic carbocycles. The quantitative estimate of drug-likeness (QED) is 0.838. The smallest absolute Gasteiger partial charge is 0.122 e. The Morgan fingerprint density at radius 2 is 2.05 bits per heavy atom. The van der Waals surface area contributed by atoms with Crippen molar-refractivity contribution in [2.24, 2.45) is 5.73 Å². The van der Waals surface area contributed by atoms with E-state index in [1.807, 2.05) is 26.1 Å². The van der Waals surface area contributed by atoms with Crippen LogP contribution < -0.4 is 5.73 Å². The summed E-state index contributed by atoms with van der Waals surface area (Å²) in [5.74, 6) is 1.76. The first-order valence-electron chi connectivity index (χ1n) is 7.77. The highest BCUT2D eigenvalue weighted by atomic mass is 16.5. The van der Waals surface area contributed by atoms with E-state index in [4.69, 9.17) is 14.9 Å². The summed E-state index contributed by atoms with van der Waals surface area (Å²) < 4.78 is 11.1. The van der Waals surface area contributed by atoms with Crippen LogP contribution in [-0.4, -0.2) is 48.5 Å². The molecule has 1 saturated heterocycles. The van der Waals surface area contributed by atoms with Gasteiger partial charge in [0.25, 0.3) is 0 Å². The van der Waals surface area contributed by atoms with Crippen LogP contribution in [0, 0.1) is 6.92 Å². The van der Waals surface area contributed by atoms with Gasteiger partial charge in [-0.3, -0.25) is 4.90 Å². The first-order valence-corrected chi connectivity index (χ1v) is 7.77. The zero-order valence-corrected chi connectivity index (χ0v) is 13.3. The molecule has 1 aliphatic rings. The Morgan fingerprint density at radius 3 is 2.57 bits per heavy atom. The monoisotopic (exact) mass is 296 g/mol. The molecule has 2 heterocycles. The van der Waals surface area contributed by atoms with Crippen LogP contribution in [-0.2, 0) is 4.74 Å². The molecule has 0 radical (unpaired) electrons. The van der Waals surface area contributed by atoms with Gasteiger partial charge in [0.05, 0.1) is 11.6 Å². The molecule has 1 aliphatic heterocycles. The number of nitrogens with two attached hydrogens (primary N) is 1. The van der Waals surface area contributed by atoms with E-state index in [1.54, 1.807) is 0 Å². The van der Waals surface area contributed by atoms with Crippen molar-refractivity contribution in [2.45, 2.75) is 50.8 Å². The van der Waals surface area contributed by atoms with Crippen molar-refractivity contribution in [3.8, 4) is 0 Å². The zero-order chi connectivity index (χ0) is 15.5. The minimum absolute atomic E-state index is 0.0180. The summed E-state index contributed by atoms with van der Waals surface area (Å²) in [6.07, 6.45) is 2.20. The Labute approximate surface area is 127 Å². The number of likely N-dealkylation sites (N-methyl/N-ethyl adjacent to an activating group) is 1. The van der Waals surface area contributed by atoms with E-state index in [1.165, 1.54) is 0 Å². The van der Waals surface area contributed by atoms with Crippen LogP contribution >= 0.6 is 0 Å². The Kier molecular flexibility index (Phi) is 5.43. The van der Waals surface area contributed by atoms with Crippen molar-refractivity contribution in [1.82, 2.24) is 4.90 Å². The molecule has 1 aromatic rings. The number of hydrogen-bond acceptors (Lipinski definition) is 5. The molecule has 0 aliphatic carbocycles. The van der Waals surface area contributed by atoms with E-state index >= 15 is 0 Å². The number of furan rings is 1. The maximum Gasteiger partial charge on any atom is 0.122 e. The van der Waals surface area contributed by atoms with E-state index in [9.17, 15) is 5.11 Å². The van der Waals surface area contributed by atoms with E-state index in [2.05, 4.69) is 11.8 Å². The topological polar surface area (TPSA) is 71.9 Å². The van der Waals surface area contributed by atoms with Gasteiger partial charge in [0.2, 0.25) is 0 Å². The SMILES string of the molecule is CCC(N)C(c1ccc(C)o1)N(C)CC1(O)CCOCC1. The highest BCUT2D eigenvalue weighted by Crippen LogP contribution is 2.29. The lowest BCUT2D eigenvalue weighted by molar-refractivity contribution is -0.0836. The molecule has 120 valence electrons. The molecule has 3 N–H and O–H groups in total. The van der Waals surface area contributed by atoms with Crippen LogP contribution in [0.25, 0.3) is 0 Å². The second kappa shape index (κ2) is 6.92. The van der Waals surface area contributed by atoms with Crippen LogP contribution in [0.1, 0.15) is 43.7 Å². The Morgan fingerprint density at radius 1 is 1.38 bits per heavy atom. The van der Waals surface area contributed by atoms with Crippen LogP contribution in [0.15, 0.2) is 16.5 Å². The molecule has 0 amide bonds. The number of hydrogen-bond donors (Lipinski definition) is 2. The van der Waals surface area contributed by atoms with E-state index in [-0.39, 0.29) is 12.1 Å². The summed E-state index contributed by atoms with van der Waals surface area (Å²) in [7, 11) is 2.01. The second-order valence-corrected chi connectivity index (χ2v) is 6.22. The normalized spacial score (nSPS) is 21.4. The van der Waals surface area contributed by atoms with Gasteiger partial charge in [-0.2, -0.15) is 0 Å². The summed E-state index contributed by atoms with van der Waals surface area (Å²) in [5, 5.41) is 10.7. The summed E-state index contributed by atoms with van der Waals surface area (Å²) in [5.41, 5.74) is 5.61. The summed E-state index contributed by atoms with van der Waals surface area (Å²) >= 11 is 0.